The second-order valence-corrected chi connectivity index (χ2v) is 25.8. The Labute approximate surface area is 384 Å². The Morgan fingerprint density at radius 3 is 1.65 bits per heavy atom. The molecule has 0 radical (unpaired) electrons. The van der Waals surface area contributed by atoms with E-state index in [1.54, 1.807) is 5.56 Å². The molecular formula is C59H71BN2S. The van der Waals surface area contributed by atoms with E-state index in [1.165, 1.54) is 125 Å². The number of anilines is 6. The molecule has 4 heteroatoms. The van der Waals surface area contributed by atoms with Crippen LogP contribution in [-0.2, 0) is 38.9 Å². The number of benzene rings is 5. The van der Waals surface area contributed by atoms with Crippen LogP contribution in [0, 0.1) is 6.92 Å². The van der Waals surface area contributed by atoms with E-state index in [1.807, 2.05) is 0 Å². The lowest BCUT2D eigenvalue weighted by molar-refractivity contribution is 0.332. The van der Waals surface area contributed by atoms with E-state index >= 15 is 0 Å². The zero-order valence-corrected chi connectivity index (χ0v) is 42.2. The van der Waals surface area contributed by atoms with Gasteiger partial charge in [-0.15, -0.1) is 11.3 Å². The van der Waals surface area contributed by atoms with Crippen LogP contribution in [0.4, 0.5) is 34.1 Å². The highest BCUT2D eigenvalue weighted by Crippen LogP contribution is 2.54. The van der Waals surface area contributed by atoms with E-state index in [0.717, 1.165) is 6.42 Å². The number of aryl methyl sites for hydroxylation is 2. The van der Waals surface area contributed by atoms with Gasteiger partial charge in [0.15, 0.2) is 0 Å². The summed E-state index contributed by atoms with van der Waals surface area (Å²) in [5.74, 6) is 0. The highest BCUT2D eigenvalue weighted by molar-refractivity contribution is 7.33. The lowest BCUT2D eigenvalue weighted by Crippen LogP contribution is -2.60. The van der Waals surface area contributed by atoms with Crippen LogP contribution in [-0.4, -0.2) is 6.71 Å². The molecule has 2 nitrogen and oxygen atoms in total. The molecule has 0 saturated heterocycles. The van der Waals surface area contributed by atoms with E-state index in [4.69, 9.17) is 0 Å². The Morgan fingerprint density at radius 2 is 1.08 bits per heavy atom. The van der Waals surface area contributed by atoms with Crippen molar-refractivity contribution in [2.45, 2.75) is 175 Å². The van der Waals surface area contributed by atoms with Crippen LogP contribution in [0.2, 0.25) is 0 Å². The van der Waals surface area contributed by atoms with Gasteiger partial charge in [-0.3, -0.25) is 0 Å². The fourth-order valence-electron chi connectivity index (χ4n) is 11.9. The Hall–Kier alpha value is -4.28. The van der Waals surface area contributed by atoms with Gasteiger partial charge in [0.05, 0.1) is 5.69 Å². The number of thiophene rings is 1. The van der Waals surface area contributed by atoms with Gasteiger partial charge in [0.25, 0.3) is 6.71 Å². The highest BCUT2D eigenvalue weighted by atomic mass is 32.1. The molecule has 0 N–H and O–H groups in total. The maximum Gasteiger partial charge on any atom is 0.264 e. The molecule has 4 aliphatic rings. The van der Waals surface area contributed by atoms with E-state index in [-0.39, 0.29) is 39.2 Å². The molecule has 5 aromatic carbocycles. The van der Waals surface area contributed by atoms with Gasteiger partial charge < -0.3 is 9.80 Å². The van der Waals surface area contributed by atoms with Gasteiger partial charge in [0, 0.05) is 43.3 Å². The average molecular weight is 851 g/mol. The predicted octanol–water partition coefficient (Wildman–Crippen LogP) is 15.1. The largest absolute Gasteiger partial charge is 0.311 e. The molecule has 0 amide bonds. The fourth-order valence-corrected chi connectivity index (χ4v) is 13.2. The number of hydrogen-bond donors (Lipinski definition) is 0. The third-order valence-electron chi connectivity index (χ3n) is 16.4. The summed E-state index contributed by atoms with van der Waals surface area (Å²) in [6.45, 7) is 38.7. The van der Waals surface area contributed by atoms with Crippen LogP contribution < -0.4 is 25.5 Å². The first kappa shape index (κ1) is 42.7. The fraction of sp³-hybridized carbons (Fsp3) is 0.458. The molecule has 0 unspecified atom stereocenters. The van der Waals surface area contributed by atoms with Crippen LogP contribution in [0.5, 0.6) is 0 Å². The molecule has 2 aliphatic carbocycles. The van der Waals surface area contributed by atoms with Crippen molar-refractivity contribution in [2.75, 3.05) is 9.80 Å². The number of rotatable bonds is 3. The van der Waals surface area contributed by atoms with Crippen molar-refractivity contribution in [1.82, 2.24) is 0 Å². The first-order valence-corrected chi connectivity index (χ1v) is 24.9. The first-order valence-electron chi connectivity index (χ1n) is 24.1. The third-order valence-corrected chi connectivity index (χ3v) is 17.6. The minimum absolute atomic E-state index is 0.00291. The van der Waals surface area contributed by atoms with Gasteiger partial charge >= 0.3 is 0 Å². The SMILES string of the molecule is CCc1cc2c3c(c1)N(c1ccc4c(c1)C(C)(C)CCC4(C)C)c1c(sc4cc5c(cc14)C(C)(C)CCC5(C)C)B3c1cc(C(C)(C)C)ccc1N2c1ccc(C(C)(C)C)cc1C. The van der Waals surface area contributed by atoms with Gasteiger partial charge in [0.1, 0.15) is 0 Å². The highest BCUT2D eigenvalue weighted by Gasteiger charge is 2.48. The van der Waals surface area contributed by atoms with E-state index in [0.29, 0.717) is 0 Å². The Kier molecular flexibility index (Phi) is 9.23. The summed E-state index contributed by atoms with van der Waals surface area (Å²) in [7, 11) is 0. The zero-order valence-electron chi connectivity index (χ0n) is 41.4. The topological polar surface area (TPSA) is 6.48 Å². The molecular weight excluding hydrogens is 780 g/mol. The standard InChI is InChI=1S/C59H71BN2S/c1-17-36-29-48-51-49(30-36)62(46-22-18-37(28-35(46)2)54(3,4)5)47-23-19-38(55(6,7)8)31-45(47)60(51)53-52(40-33-43-44(34-50(40)63-53)59(15,16)27-26-58(43,13)14)61(48)39-20-21-41-42(32-39)57(11,12)25-24-56(41,9)10/h18-23,28-34H,17,24-27H2,1-16H3. The smallest absolute Gasteiger partial charge is 0.264 e. The van der Waals surface area contributed by atoms with Crippen molar-refractivity contribution in [3.63, 3.8) is 0 Å². The molecule has 1 aromatic heterocycles. The summed E-state index contributed by atoms with van der Waals surface area (Å²) < 4.78 is 2.90. The molecule has 63 heavy (non-hydrogen) atoms. The lowest BCUT2D eigenvalue weighted by Gasteiger charge is -2.45. The average Bonchev–Trinajstić information content (AvgIpc) is 3.58. The molecule has 2 aliphatic heterocycles. The van der Waals surface area contributed by atoms with E-state index < -0.39 is 0 Å². The van der Waals surface area contributed by atoms with Crippen LogP contribution >= 0.6 is 11.3 Å². The molecule has 0 saturated carbocycles. The van der Waals surface area contributed by atoms with Crippen molar-refractivity contribution in [2.24, 2.45) is 0 Å². The Morgan fingerprint density at radius 1 is 0.556 bits per heavy atom. The van der Waals surface area contributed by atoms with E-state index in [9.17, 15) is 0 Å². The lowest BCUT2D eigenvalue weighted by atomic mass is 9.36. The van der Waals surface area contributed by atoms with Crippen LogP contribution in [0.3, 0.4) is 0 Å². The second-order valence-electron chi connectivity index (χ2n) is 24.8. The van der Waals surface area contributed by atoms with Gasteiger partial charge in [-0.05, 0) is 175 Å². The summed E-state index contributed by atoms with van der Waals surface area (Å²) in [5.41, 5.74) is 22.9. The summed E-state index contributed by atoms with van der Waals surface area (Å²) in [5, 5.41) is 1.41. The maximum absolute atomic E-state index is 2.75. The quantitative estimate of drug-likeness (QED) is 0.163. The van der Waals surface area contributed by atoms with E-state index in [2.05, 4.69) is 211 Å². The van der Waals surface area contributed by atoms with Crippen LogP contribution in [0.15, 0.2) is 78.9 Å². The van der Waals surface area contributed by atoms with Crippen molar-refractivity contribution >= 4 is 78.0 Å². The summed E-state index contributed by atoms with van der Waals surface area (Å²) >= 11 is 2.07. The molecule has 6 aromatic rings. The first-order chi connectivity index (χ1) is 29.3. The summed E-state index contributed by atoms with van der Waals surface area (Å²) in [4.78, 5) is 5.40. The molecule has 0 spiro atoms. The normalized spacial score (nSPS) is 19.0. The molecule has 0 atom stereocenters. The van der Waals surface area contributed by atoms with Gasteiger partial charge in [0.2, 0.25) is 0 Å². The summed E-state index contributed by atoms with van der Waals surface area (Å²) in [6, 6.07) is 32.7. The zero-order chi connectivity index (χ0) is 45.1. The number of nitrogens with zero attached hydrogens (tertiary/aromatic N) is 2. The third kappa shape index (κ3) is 6.45. The monoisotopic (exact) mass is 851 g/mol. The second kappa shape index (κ2) is 13.6. The van der Waals surface area contributed by atoms with Crippen LogP contribution in [0.25, 0.3) is 10.1 Å². The Balaban J connectivity index is 1.35. The van der Waals surface area contributed by atoms with Crippen molar-refractivity contribution < 1.29 is 0 Å². The minimum atomic E-state index is 0.00291. The Bertz CT molecular complexity index is 2890. The maximum atomic E-state index is 2.75. The molecule has 0 bridgehead atoms. The number of hydrogen-bond acceptors (Lipinski definition) is 3. The number of fused-ring (bicyclic) bond motifs is 8. The van der Waals surface area contributed by atoms with Crippen molar-refractivity contribution in [1.29, 1.82) is 0 Å². The summed E-state index contributed by atoms with van der Waals surface area (Å²) in [6.07, 6.45) is 5.78. The van der Waals surface area contributed by atoms with Crippen molar-refractivity contribution in [3.05, 3.63) is 123 Å². The predicted molar refractivity (Wildman–Crippen MR) is 278 cm³/mol. The molecule has 0 fully saturated rings. The van der Waals surface area contributed by atoms with Gasteiger partial charge in [-0.1, -0.05) is 134 Å². The van der Waals surface area contributed by atoms with Gasteiger partial charge in [-0.25, -0.2) is 0 Å². The molecule has 3 heterocycles. The minimum Gasteiger partial charge on any atom is -0.311 e. The van der Waals surface area contributed by atoms with Crippen LogP contribution in [0.1, 0.15) is 174 Å². The molecule has 10 rings (SSSR count). The van der Waals surface area contributed by atoms with Crippen molar-refractivity contribution in [3.8, 4) is 0 Å². The van der Waals surface area contributed by atoms with Gasteiger partial charge in [-0.2, -0.15) is 0 Å². The molecule has 326 valence electrons.